The predicted molar refractivity (Wildman–Crippen MR) is 447 cm³/mol. The smallest absolute Gasteiger partial charge is 0.165 e. The van der Waals surface area contributed by atoms with Crippen LogP contribution in [-0.4, -0.2) is 34.1 Å². The molecule has 16 aromatic carbocycles. The van der Waals surface area contributed by atoms with Crippen molar-refractivity contribution in [3.8, 4) is 90.4 Å². The minimum Gasteiger partial charge on any atom is -0.309 e. The summed E-state index contributed by atoms with van der Waals surface area (Å²) in [5.74, 6) is 2.74. The van der Waals surface area contributed by atoms with E-state index in [9.17, 15) is 0 Å². The molecule has 0 amide bonds. The second-order valence-electron chi connectivity index (χ2n) is 27.0. The van der Waals surface area contributed by atoms with Gasteiger partial charge in [0.1, 0.15) is 0 Å². The van der Waals surface area contributed by atoms with Gasteiger partial charge < -0.3 is 9.13 Å². The molecule has 0 fully saturated rings. The number of nitrogens with zero attached hydrogens (tertiary/aromatic N) is 7. The van der Waals surface area contributed by atoms with Crippen molar-refractivity contribution in [2.24, 2.45) is 0 Å². The molecule has 0 saturated heterocycles. The van der Waals surface area contributed by atoms with E-state index in [1.165, 1.54) is 123 Å². The van der Waals surface area contributed by atoms with E-state index in [2.05, 4.69) is 325 Å². The maximum Gasteiger partial charge on any atom is 0.165 e. The fourth-order valence-electron chi connectivity index (χ4n) is 15.9. The highest BCUT2D eigenvalue weighted by molar-refractivity contribution is 7.26. The molecular formula is C97H59N7S2. The largest absolute Gasteiger partial charge is 0.309 e. The molecule has 7 nitrogen and oxygen atoms in total. The lowest BCUT2D eigenvalue weighted by atomic mass is 9.96. The number of para-hydroxylation sites is 5. The molecule has 0 saturated carbocycles. The Morgan fingerprint density at radius 1 is 0.217 bits per heavy atom. The first-order valence-corrected chi connectivity index (χ1v) is 37.3. The predicted octanol–water partition coefficient (Wildman–Crippen LogP) is 26.4. The molecule has 0 atom stereocenters. The fraction of sp³-hybridized carbons (Fsp3) is 0. The highest BCUT2D eigenvalue weighted by Gasteiger charge is 2.23. The van der Waals surface area contributed by atoms with Crippen LogP contribution in [0.4, 0.5) is 0 Å². The topological polar surface area (TPSA) is 74.3 Å². The Morgan fingerprint density at radius 3 is 1.21 bits per heavy atom. The summed E-state index contributed by atoms with van der Waals surface area (Å²) in [7, 11) is 0. The Kier molecular flexibility index (Phi) is 14.5. The van der Waals surface area contributed by atoms with Crippen molar-refractivity contribution in [1.82, 2.24) is 34.1 Å². The molecule has 0 N–H and O–H groups in total. The molecule has 0 spiro atoms. The van der Waals surface area contributed by atoms with Crippen LogP contribution in [0, 0.1) is 0 Å². The molecule has 0 bridgehead atoms. The van der Waals surface area contributed by atoms with Crippen molar-refractivity contribution in [1.29, 1.82) is 0 Å². The van der Waals surface area contributed by atoms with Crippen LogP contribution in [0.3, 0.4) is 0 Å². The average molecular weight is 1390 g/mol. The summed E-state index contributed by atoms with van der Waals surface area (Å²) >= 11 is 3.65. The van der Waals surface area contributed by atoms with Gasteiger partial charge in [0.2, 0.25) is 0 Å². The van der Waals surface area contributed by atoms with E-state index in [0.717, 1.165) is 66.7 Å². The van der Waals surface area contributed by atoms with Gasteiger partial charge in [-0.3, -0.25) is 0 Å². The van der Waals surface area contributed by atoms with Gasteiger partial charge in [-0.05, 0) is 147 Å². The van der Waals surface area contributed by atoms with Crippen LogP contribution in [0.5, 0.6) is 0 Å². The number of rotatable bonds is 9. The summed E-state index contributed by atoms with van der Waals surface area (Å²) in [5, 5.41) is 15.8. The summed E-state index contributed by atoms with van der Waals surface area (Å²) in [5.41, 5.74) is 18.9. The van der Waals surface area contributed by atoms with Gasteiger partial charge in [-0.2, -0.15) is 0 Å². The SMILES string of the molecule is c1ccc(-c2nc(-c3cc4sc5ccc(-c6ccc7c(c6)c6ccccc6n7-c6ccccc6)cc5c4c4ccccc34)nc3ccccc23)cc1.c1ccc(-c2nc(-c3ccccc3)nc(-c3cc4ccccc4c4c3sc3ccc(-c5ccc6c(c5)c5ccccc5n6-c5ccccc5)cc34)n2)cc1. The summed E-state index contributed by atoms with van der Waals surface area (Å²) in [6.07, 6.45) is 0. The summed E-state index contributed by atoms with van der Waals surface area (Å²) in [6, 6.07) is 127. The van der Waals surface area contributed by atoms with E-state index in [1.807, 2.05) is 53.8 Å². The maximum absolute atomic E-state index is 5.27. The number of hydrogen-bond donors (Lipinski definition) is 0. The van der Waals surface area contributed by atoms with Gasteiger partial charge >= 0.3 is 0 Å². The molecule has 494 valence electrons. The first-order valence-electron chi connectivity index (χ1n) is 35.7. The molecule has 0 aliphatic heterocycles. The molecule has 0 aliphatic carbocycles. The van der Waals surface area contributed by atoms with E-state index in [1.54, 1.807) is 11.3 Å². The Morgan fingerprint density at radius 2 is 0.632 bits per heavy atom. The standard InChI is InChI=1S/C49H30N4S.C48H29N3S/c1-4-14-31(15-5-1)47-50-48(32-16-6-2-7-17-32)52-49(51-47)41-30-35-18-10-11-21-37(35)45-40-29-34(25-27-44(40)54-46(41)45)33-24-26-43-39(28-33)38-22-12-13-23-42(38)53(43)36-19-8-3-9-20-36;1-3-13-30(14-4-1)47-37-20-9-11-21-41(37)49-48(50-47)39-29-45-46(36-19-8-7-17-34(36)39)40-28-32(24-26-44(40)52-45)31-23-25-43-38(27-31)35-18-10-12-22-42(35)51(43)33-15-5-2-6-16-33/h1-30H;1-29H. The van der Waals surface area contributed by atoms with Crippen LogP contribution in [0.1, 0.15) is 0 Å². The van der Waals surface area contributed by atoms with Crippen molar-refractivity contribution >= 4 is 139 Å². The van der Waals surface area contributed by atoms with Gasteiger partial charge in [0.05, 0.1) is 33.3 Å². The van der Waals surface area contributed by atoms with Gasteiger partial charge in [-0.15, -0.1) is 22.7 Å². The molecular weight excluding hydrogens is 1330 g/mol. The zero-order valence-corrected chi connectivity index (χ0v) is 58.6. The summed E-state index contributed by atoms with van der Waals surface area (Å²) < 4.78 is 9.65. The molecule has 6 aromatic heterocycles. The van der Waals surface area contributed by atoms with E-state index >= 15 is 0 Å². The van der Waals surface area contributed by atoms with Gasteiger partial charge in [0.15, 0.2) is 23.3 Å². The number of benzene rings is 16. The third-order valence-electron chi connectivity index (χ3n) is 20.8. The Balaban J connectivity index is 0.000000136. The van der Waals surface area contributed by atoms with Gasteiger partial charge in [-0.25, -0.2) is 24.9 Å². The van der Waals surface area contributed by atoms with Gasteiger partial charge in [-0.1, -0.05) is 255 Å². The first kappa shape index (κ1) is 61.1. The van der Waals surface area contributed by atoms with Crippen LogP contribution in [0.25, 0.3) is 207 Å². The minimum absolute atomic E-state index is 0.660. The third kappa shape index (κ3) is 10.3. The molecule has 6 heterocycles. The van der Waals surface area contributed by atoms with Crippen LogP contribution < -0.4 is 0 Å². The van der Waals surface area contributed by atoms with Crippen LogP contribution in [0.15, 0.2) is 358 Å². The lowest BCUT2D eigenvalue weighted by Crippen LogP contribution is -2.00. The number of hydrogen-bond acceptors (Lipinski definition) is 7. The number of aromatic nitrogens is 7. The minimum atomic E-state index is 0.660. The van der Waals surface area contributed by atoms with E-state index < -0.39 is 0 Å². The quantitative estimate of drug-likeness (QED) is 0.144. The fourth-order valence-corrected chi connectivity index (χ4v) is 18.3. The lowest BCUT2D eigenvalue weighted by Gasteiger charge is -2.12. The van der Waals surface area contributed by atoms with Crippen molar-refractivity contribution < 1.29 is 0 Å². The second kappa shape index (κ2) is 25.1. The van der Waals surface area contributed by atoms with Crippen LogP contribution in [-0.2, 0) is 0 Å². The lowest BCUT2D eigenvalue weighted by molar-refractivity contribution is 1.08. The van der Waals surface area contributed by atoms with Crippen LogP contribution in [0.2, 0.25) is 0 Å². The van der Waals surface area contributed by atoms with Gasteiger partial charge in [0, 0.05) is 106 Å². The van der Waals surface area contributed by atoms with Gasteiger partial charge in [0.25, 0.3) is 0 Å². The molecule has 106 heavy (non-hydrogen) atoms. The van der Waals surface area contributed by atoms with E-state index in [-0.39, 0.29) is 0 Å². The van der Waals surface area contributed by atoms with Crippen LogP contribution >= 0.6 is 22.7 Å². The summed E-state index contributed by atoms with van der Waals surface area (Å²) in [6.45, 7) is 0. The molecule has 0 aliphatic rings. The molecule has 22 rings (SSSR count). The van der Waals surface area contributed by atoms with Crippen molar-refractivity contribution in [3.05, 3.63) is 358 Å². The number of fused-ring (bicyclic) bond motifs is 17. The first-order chi connectivity index (χ1) is 52.5. The Hall–Kier alpha value is -13.6. The highest BCUT2D eigenvalue weighted by Crippen LogP contribution is 2.48. The number of thiophene rings is 2. The molecule has 22 aromatic rings. The highest BCUT2D eigenvalue weighted by atomic mass is 32.1. The maximum atomic E-state index is 5.27. The summed E-state index contributed by atoms with van der Waals surface area (Å²) in [4.78, 5) is 25.7. The zero-order valence-electron chi connectivity index (χ0n) is 57.0. The Bertz CT molecular complexity index is 7190. The van der Waals surface area contributed by atoms with Crippen molar-refractivity contribution in [2.45, 2.75) is 0 Å². The third-order valence-corrected chi connectivity index (χ3v) is 23.1. The monoisotopic (exact) mass is 1390 g/mol. The van der Waals surface area contributed by atoms with E-state index in [0.29, 0.717) is 17.5 Å². The zero-order chi connectivity index (χ0) is 69.8. The normalized spacial score (nSPS) is 11.8. The van der Waals surface area contributed by atoms with E-state index in [4.69, 9.17) is 24.9 Å². The Labute approximate surface area is 617 Å². The van der Waals surface area contributed by atoms with Crippen molar-refractivity contribution in [3.63, 3.8) is 0 Å². The molecule has 0 unspecified atom stereocenters. The second-order valence-corrected chi connectivity index (χ2v) is 29.1. The molecule has 9 heteroatoms. The van der Waals surface area contributed by atoms with Crippen molar-refractivity contribution in [2.75, 3.05) is 0 Å². The average Bonchev–Trinajstić information content (AvgIpc) is 1.55. The molecule has 0 radical (unpaired) electrons.